The summed E-state index contributed by atoms with van der Waals surface area (Å²) in [6, 6.07) is 35.4. The molecule has 2 N–H and O–H groups in total. The van der Waals surface area contributed by atoms with E-state index >= 15 is 0 Å². The van der Waals surface area contributed by atoms with Crippen LogP contribution in [0.1, 0.15) is 13.8 Å². The van der Waals surface area contributed by atoms with Crippen LogP contribution < -0.4 is 0 Å². The second kappa shape index (κ2) is 14.1. The zero-order valence-electron chi connectivity index (χ0n) is 21.0. The Balaban J connectivity index is 0.000000167. The Morgan fingerprint density at radius 2 is 1.03 bits per heavy atom. The summed E-state index contributed by atoms with van der Waals surface area (Å²) in [5.41, 5.74) is 5.47. The topological polar surface area (TPSA) is 92.5 Å². The second-order valence-corrected chi connectivity index (χ2v) is 8.25. The van der Waals surface area contributed by atoms with E-state index in [1.165, 1.54) is 13.0 Å². The van der Waals surface area contributed by atoms with E-state index in [1.54, 1.807) is 6.92 Å². The van der Waals surface area contributed by atoms with Crippen LogP contribution in [-0.4, -0.2) is 26.3 Å². The van der Waals surface area contributed by atoms with E-state index in [9.17, 15) is 0 Å². The van der Waals surface area contributed by atoms with Gasteiger partial charge in [0.05, 0.1) is 11.9 Å². The van der Waals surface area contributed by atoms with Crippen molar-refractivity contribution < 1.29 is 39.2 Å². The number of nitrogens with zero attached hydrogens (tertiary/aromatic N) is 2. The van der Waals surface area contributed by atoms with E-state index < -0.39 is 6.10 Å². The number of aliphatic hydroxyl groups excluding tert-OH is 2. The maximum absolute atomic E-state index is 8.49. The molecule has 2 heterocycles. The van der Waals surface area contributed by atoms with Gasteiger partial charge in [0, 0.05) is 31.2 Å². The van der Waals surface area contributed by atoms with Crippen molar-refractivity contribution in [3.8, 4) is 22.9 Å². The zero-order valence-corrected chi connectivity index (χ0v) is 23.4. The maximum atomic E-state index is 8.49. The number of hydrogen-bond donors (Lipinski definition) is 2. The van der Waals surface area contributed by atoms with Gasteiger partial charge in [-0.3, -0.25) is 0 Å². The van der Waals surface area contributed by atoms with Crippen molar-refractivity contribution >= 4 is 22.2 Å². The minimum atomic E-state index is -0.537. The Kier molecular flexibility index (Phi) is 10.6. The normalized spacial score (nSPS) is 11.5. The van der Waals surface area contributed by atoms with E-state index in [2.05, 4.69) is 9.97 Å². The van der Waals surface area contributed by atoms with Gasteiger partial charge in [0.25, 0.3) is 0 Å². The minimum absolute atomic E-state index is 0. The molecule has 7 heteroatoms. The molecule has 6 rings (SSSR count). The third kappa shape index (κ3) is 7.98. The van der Waals surface area contributed by atoms with Crippen molar-refractivity contribution in [2.45, 2.75) is 20.0 Å². The van der Waals surface area contributed by atoms with Crippen molar-refractivity contribution in [3.63, 3.8) is 0 Å². The molecule has 4 aromatic carbocycles. The van der Waals surface area contributed by atoms with Crippen molar-refractivity contribution in [1.29, 1.82) is 0 Å². The average molecular weight is 685 g/mol. The van der Waals surface area contributed by atoms with Crippen LogP contribution in [0.2, 0.25) is 0 Å². The summed E-state index contributed by atoms with van der Waals surface area (Å²) in [6.07, 6.45) is 0.824. The molecule has 1 atom stereocenters. The molecule has 6 aromatic rings. The van der Waals surface area contributed by atoms with E-state index in [-0.39, 0.29) is 25.9 Å². The fourth-order valence-corrected chi connectivity index (χ4v) is 3.50. The molecule has 0 fully saturated rings. The number of fused-ring (bicyclic) bond motifs is 2. The van der Waals surface area contributed by atoms with E-state index in [0.717, 1.165) is 33.3 Å². The predicted molar refractivity (Wildman–Crippen MR) is 147 cm³/mol. The molecule has 0 spiro atoms. The molecule has 0 aliphatic heterocycles. The van der Waals surface area contributed by atoms with Crippen molar-refractivity contribution in [2.24, 2.45) is 0 Å². The van der Waals surface area contributed by atoms with Crippen LogP contribution in [0.3, 0.4) is 0 Å². The van der Waals surface area contributed by atoms with Crippen LogP contribution in [0.25, 0.3) is 45.1 Å². The van der Waals surface area contributed by atoms with Gasteiger partial charge in [0.15, 0.2) is 11.2 Å². The number of allylic oxidation sites excluding steroid dienone is 1. The van der Waals surface area contributed by atoms with Gasteiger partial charge >= 0.3 is 0 Å². The third-order valence-corrected chi connectivity index (χ3v) is 5.11. The van der Waals surface area contributed by atoms with Crippen LogP contribution in [-0.2, 0) is 20.1 Å². The summed E-state index contributed by atoms with van der Waals surface area (Å²) in [5, 5.41) is 16.9. The molecule has 2 aromatic heterocycles. The average Bonchev–Trinajstić information content (AvgIpc) is 3.54. The van der Waals surface area contributed by atoms with E-state index in [0.29, 0.717) is 11.8 Å². The first-order valence-electron chi connectivity index (χ1n) is 11.9. The summed E-state index contributed by atoms with van der Waals surface area (Å²) in [7, 11) is 0. The molecule has 1 radical (unpaired) electrons. The van der Waals surface area contributed by atoms with Gasteiger partial charge < -0.3 is 19.0 Å². The molecule has 195 valence electrons. The summed E-state index contributed by atoms with van der Waals surface area (Å²) < 4.78 is 11.3. The monoisotopic (exact) mass is 685 g/mol. The van der Waals surface area contributed by atoms with Crippen LogP contribution in [0, 0.1) is 0 Å². The van der Waals surface area contributed by atoms with Crippen LogP contribution in [0.15, 0.2) is 130 Å². The number of hydrogen-bond acceptors (Lipinski definition) is 6. The molecule has 0 amide bonds. The summed E-state index contributed by atoms with van der Waals surface area (Å²) in [5.74, 6) is 1.52. The van der Waals surface area contributed by atoms with Crippen molar-refractivity contribution in [2.75, 3.05) is 0 Å². The number of oxazole rings is 2. The molecule has 0 bridgehead atoms. The largest absolute Gasteiger partial charge is 0.513 e. The molecule has 0 aliphatic carbocycles. The number of aliphatic hydroxyl groups is 2. The van der Waals surface area contributed by atoms with E-state index in [1.807, 2.05) is 109 Å². The third-order valence-electron chi connectivity index (χ3n) is 5.11. The number of aromatic nitrogens is 2. The van der Waals surface area contributed by atoms with Gasteiger partial charge in [-0.05, 0) is 68.5 Å². The molecular weight excluding hydrogens is 657 g/mol. The molecule has 6 nitrogen and oxygen atoms in total. The SMILES string of the molecule is C/C(O)=C/C(C)O.[Ir].c1ccc(-c2nc3ccccc3o2)cc1.c1ccc(-c2nc3ccccc3o2)cc1. The Morgan fingerprint density at radius 3 is 1.34 bits per heavy atom. The minimum Gasteiger partial charge on any atom is -0.513 e. The van der Waals surface area contributed by atoms with E-state index in [4.69, 9.17) is 19.0 Å². The molecule has 0 aliphatic rings. The van der Waals surface area contributed by atoms with Gasteiger partial charge in [0.2, 0.25) is 11.8 Å². The van der Waals surface area contributed by atoms with Gasteiger partial charge in [0.1, 0.15) is 11.0 Å². The van der Waals surface area contributed by atoms with Crippen molar-refractivity contribution in [3.05, 3.63) is 121 Å². The van der Waals surface area contributed by atoms with Gasteiger partial charge in [-0.25, -0.2) is 9.97 Å². The number of benzene rings is 4. The second-order valence-electron chi connectivity index (χ2n) is 8.25. The molecule has 0 saturated carbocycles. The number of rotatable bonds is 3. The van der Waals surface area contributed by atoms with Gasteiger partial charge in [-0.15, -0.1) is 0 Å². The first-order valence-corrected chi connectivity index (χ1v) is 11.9. The predicted octanol–water partition coefficient (Wildman–Crippen LogP) is 7.82. The summed E-state index contributed by atoms with van der Waals surface area (Å²) in [6.45, 7) is 3.10. The first kappa shape index (κ1) is 28.5. The Bertz CT molecular complexity index is 1400. The summed E-state index contributed by atoms with van der Waals surface area (Å²) in [4.78, 5) is 8.83. The van der Waals surface area contributed by atoms with Gasteiger partial charge in [-0.1, -0.05) is 60.7 Å². The van der Waals surface area contributed by atoms with Crippen molar-refractivity contribution in [1.82, 2.24) is 9.97 Å². The first-order chi connectivity index (χ1) is 18.0. The Labute approximate surface area is 234 Å². The van der Waals surface area contributed by atoms with Crippen LogP contribution in [0.5, 0.6) is 0 Å². The quantitative estimate of drug-likeness (QED) is 0.185. The standard InChI is InChI=1S/2C13H9NO.C5H10O2.Ir/c2*1-2-6-10(7-3-1)13-14-11-8-4-5-9-12(11)15-13;1-4(6)3-5(2)7;/h2*1-9H;3-4,6-7H,1-2H3;/b;;5-3-;. The zero-order chi connectivity index (χ0) is 26.0. The Hall–Kier alpha value is -4.03. The smallest absolute Gasteiger partial charge is 0.227 e. The number of para-hydroxylation sites is 4. The molecule has 1 unspecified atom stereocenters. The fraction of sp³-hybridized carbons (Fsp3) is 0.0968. The molecule has 0 saturated heterocycles. The fourth-order valence-electron chi connectivity index (χ4n) is 3.50. The Morgan fingerprint density at radius 1 is 0.658 bits per heavy atom. The van der Waals surface area contributed by atoms with Crippen LogP contribution >= 0.6 is 0 Å². The van der Waals surface area contributed by atoms with Crippen LogP contribution in [0.4, 0.5) is 0 Å². The van der Waals surface area contributed by atoms with Gasteiger partial charge in [-0.2, -0.15) is 0 Å². The molecule has 38 heavy (non-hydrogen) atoms. The summed E-state index contributed by atoms with van der Waals surface area (Å²) >= 11 is 0. The molecular formula is C31H28IrN2O4. The maximum Gasteiger partial charge on any atom is 0.227 e.